The zero-order valence-electron chi connectivity index (χ0n) is 12.0. The molecule has 0 aliphatic carbocycles. The van der Waals surface area contributed by atoms with E-state index in [0.29, 0.717) is 16.8 Å². The minimum atomic E-state index is -0.449. The van der Waals surface area contributed by atoms with Crippen molar-refractivity contribution in [1.29, 1.82) is 0 Å². The lowest BCUT2D eigenvalue weighted by Crippen LogP contribution is -2.25. The maximum Gasteiger partial charge on any atom is 0.336 e. The van der Waals surface area contributed by atoms with Crippen LogP contribution in [0.3, 0.4) is 0 Å². The van der Waals surface area contributed by atoms with E-state index in [0.717, 1.165) is 5.70 Å². The van der Waals surface area contributed by atoms with E-state index in [-0.39, 0.29) is 11.6 Å². The van der Waals surface area contributed by atoms with E-state index in [4.69, 9.17) is 4.74 Å². The number of nitro benzene ring substituents is 1. The SMILES string of the molecule is COC(=O)C1=C(C)NC(C)=C[C@H]1c1cccc([N+](=O)[O-])c1. The average Bonchev–Trinajstić information content (AvgIpc) is 2.45. The van der Waals surface area contributed by atoms with Crippen molar-refractivity contribution in [1.82, 2.24) is 5.32 Å². The molecule has 1 atom stereocenters. The Kier molecular flexibility index (Phi) is 4.07. The number of rotatable bonds is 3. The van der Waals surface area contributed by atoms with Crippen molar-refractivity contribution in [3.8, 4) is 0 Å². The predicted octanol–water partition coefficient (Wildman–Crippen LogP) is 2.63. The lowest BCUT2D eigenvalue weighted by atomic mass is 9.86. The maximum atomic E-state index is 12.0. The van der Waals surface area contributed by atoms with Gasteiger partial charge in [0.1, 0.15) is 0 Å². The maximum absolute atomic E-state index is 12.0. The Balaban J connectivity index is 2.52. The van der Waals surface area contributed by atoms with Crippen molar-refractivity contribution < 1.29 is 14.5 Å². The van der Waals surface area contributed by atoms with Crippen LogP contribution in [-0.2, 0) is 9.53 Å². The third-order valence-corrected chi connectivity index (χ3v) is 3.36. The molecule has 0 amide bonds. The summed E-state index contributed by atoms with van der Waals surface area (Å²) in [5.74, 6) is -0.807. The number of ether oxygens (including phenoxy) is 1. The fraction of sp³-hybridized carbons (Fsp3) is 0.267. The van der Waals surface area contributed by atoms with Gasteiger partial charge < -0.3 is 10.1 Å². The van der Waals surface area contributed by atoms with E-state index in [1.807, 2.05) is 13.0 Å². The van der Waals surface area contributed by atoms with Crippen molar-refractivity contribution in [3.05, 3.63) is 63.0 Å². The molecule has 1 aliphatic heterocycles. The molecule has 1 aromatic rings. The van der Waals surface area contributed by atoms with E-state index in [1.54, 1.807) is 19.1 Å². The van der Waals surface area contributed by atoms with Crippen LogP contribution in [0.15, 0.2) is 47.3 Å². The molecule has 0 bridgehead atoms. The lowest BCUT2D eigenvalue weighted by Gasteiger charge is -2.25. The van der Waals surface area contributed by atoms with Gasteiger partial charge in [0.25, 0.3) is 5.69 Å². The highest BCUT2D eigenvalue weighted by Crippen LogP contribution is 2.33. The third-order valence-electron chi connectivity index (χ3n) is 3.36. The predicted molar refractivity (Wildman–Crippen MR) is 77.4 cm³/mol. The first-order valence-corrected chi connectivity index (χ1v) is 6.43. The minimum absolute atomic E-state index is 0.000968. The molecule has 1 N–H and O–H groups in total. The average molecular weight is 288 g/mol. The number of non-ortho nitro benzene ring substituents is 1. The van der Waals surface area contributed by atoms with Crippen molar-refractivity contribution >= 4 is 11.7 Å². The summed E-state index contributed by atoms with van der Waals surface area (Å²) in [6.45, 7) is 3.66. The molecule has 0 saturated carbocycles. The third kappa shape index (κ3) is 2.94. The standard InChI is InChI=1S/C15H16N2O4/c1-9-7-13(14(10(2)16-9)15(18)21-3)11-5-4-6-12(8-11)17(19)20/h4-8,13,16H,1-3H3/t13-/m0/s1. The summed E-state index contributed by atoms with van der Waals surface area (Å²) in [6, 6.07) is 6.29. The highest BCUT2D eigenvalue weighted by Gasteiger charge is 2.28. The lowest BCUT2D eigenvalue weighted by molar-refractivity contribution is -0.384. The van der Waals surface area contributed by atoms with Crippen LogP contribution < -0.4 is 5.32 Å². The van der Waals surface area contributed by atoms with E-state index >= 15 is 0 Å². The summed E-state index contributed by atoms with van der Waals surface area (Å²) in [5.41, 5.74) is 2.72. The molecule has 110 valence electrons. The van der Waals surface area contributed by atoms with Gasteiger partial charge in [0, 0.05) is 29.4 Å². The second kappa shape index (κ2) is 5.78. The number of esters is 1. The number of dihydropyridines is 1. The van der Waals surface area contributed by atoms with Gasteiger partial charge in [-0.25, -0.2) is 4.79 Å². The van der Waals surface area contributed by atoms with Gasteiger partial charge in [-0.2, -0.15) is 0 Å². The van der Waals surface area contributed by atoms with Crippen LogP contribution in [0.2, 0.25) is 0 Å². The molecule has 0 unspecified atom stereocenters. The number of carbonyl (C=O) groups is 1. The van der Waals surface area contributed by atoms with Crippen LogP contribution >= 0.6 is 0 Å². The Morgan fingerprint density at radius 1 is 1.38 bits per heavy atom. The van der Waals surface area contributed by atoms with Crippen LogP contribution in [0, 0.1) is 10.1 Å². The number of hydrogen-bond donors (Lipinski definition) is 1. The smallest absolute Gasteiger partial charge is 0.336 e. The summed E-state index contributed by atoms with van der Waals surface area (Å²) < 4.78 is 4.82. The van der Waals surface area contributed by atoms with Crippen molar-refractivity contribution in [3.63, 3.8) is 0 Å². The largest absolute Gasteiger partial charge is 0.466 e. The van der Waals surface area contributed by atoms with Crippen LogP contribution in [0.4, 0.5) is 5.69 Å². The Labute approximate surface area is 122 Å². The molecule has 21 heavy (non-hydrogen) atoms. The summed E-state index contributed by atoms with van der Waals surface area (Å²) >= 11 is 0. The second-order valence-electron chi connectivity index (χ2n) is 4.83. The summed E-state index contributed by atoms with van der Waals surface area (Å²) in [6.07, 6.45) is 1.86. The number of methoxy groups -OCH3 is 1. The second-order valence-corrected chi connectivity index (χ2v) is 4.83. The topological polar surface area (TPSA) is 81.5 Å². The van der Waals surface area contributed by atoms with E-state index in [1.165, 1.54) is 19.2 Å². The van der Waals surface area contributed by atoms with E-state index < -0.39 is 10.9 Å². The fourth-order valence-corrected chi connectivity index (χ4v) is 2.46. The Morgan fingerprint density at radius 2 is 2.10 bits per heavy atom. The van der Waals surface area contributed by atoms with Crippen LogP contribution in [0.1, 0.15) is 25.3 Å². The van der Waals surface area contributed by atoms with Gasteiger partial charge in [-0.1, -0.05) is 18.2 Å². The first-order valence-electron chi connectivity index (χ1n) is 6.43. The van der Waals surface area contributed by atoms with E-state index in [2.05, 4.69) is 5.32 Å². The van der Waals surface area contributed by atoms with Gasteiger partial charge >= 0.3 is 5.97 Å². The van der Waals surface area contributed by atoms with Crippen LogP contribution in [0.25, 0.3) is 0 Å². The zero-order valence-corrected chi connectivity index (χ0v) is 12.0. The fourth-order valence-electron chi connectivity index (χ4n) is 2.46. The first-order chi connectivity index (χ1) is 9.93. The number of hydrogen-bond acceptors (Lipinski definition) is 5. The first kappa shape index (κ1) is 14.8. The molecule has 2 rings (SSSR count). The van der Waals surface area contributed by atoms with Gasteiger partial charge in [-0.15, -0.1) is 0 Å². The Hall–Kier alpha value is -2.63. The highest BCUT2D eigenvalue weighted by molar-refractivity contribution is 5.92. The molecular weight excluding hydrogens is 272 g/mol. The number of benzene rings is 1. The van der Waals surface area contributed by atoms with Crippen molar-refractivity contribution in [2.75, 3.05) is 7.11 Å². The Bertz CT molecular complexity index is 661. The van der Waals surface area contributed by atoms with Gasteiger partial charge in [0.05, 0.1) is 17.6 Å². The number of nitro groups is 1. The summed E-state index contributed by atoms with van der Waals surface area (Å²) in [5, 5.41) is 14.0. The molecule has 1 aliphatic rings. The summed E-state index contributed by atoms with van der Waals surface area (Å²) in [4.78, 5) is 22.5. The van der Waals surface area contributed by atoms with Crippen molar-refractivity contribution in [2.24, 2.45) is 0 Å². The molecular formula is C15H16N2O4. The minimum Gasteiger partial charge on any atom is -0.466 e. The summed E-state index contributed by atoms with van der Waals surface area (Å²) in [7, 11) is 1.32. The van der Waals surface area contributed by atoms with Gasteiger partial charge in [0.2, 0.25) is 0 Å². The molecule has 0 aromatic heterocycles. The Morgan fingerprint density at radius 3 is 2.71 bits per heavy atom. The quantitative estimate of drug-likeness (QED) is 0.525. The number of nitrogens with zero attached hydrogens (tertiary/aromatic N) is 1. The van der Waals surface area contributed by atoms with E-state index in [9.17, 15) is 14.9 Å². The molecule has 6 nitrogen and oxygen atoms in total. The molecule has 0 saturated heterocycles. The highest BCUT2D eigenvalue weighted by atomic mass is 16.6. The molecule has 1 heterocycles. The van der Waals surface area contributed by atoms with Crippen LogP contribution in [-0.4, -0.2) is 18.0 Å². The van der Waals surface area contributed by atoms with Gasteiger partial charge in [0.15, 0.2) is 0 Å². The molecule has 0 fully saturated rings. The molecule has 1 aromatic carbocycles. The normalized spacial score (nSPS) is 17.9. The number of allylic oxidation sites excluding steroid dienone is 3. The monoisotopic (exact) mass is 288 g/mol. The van der Waals surface area contributed by atoms with Gasteiger partial charge in [-0.3, -0.25) is 10.1 Å². The molecule has 6 heteroatoms. The van der Waals surface area contributed by atoms with Gasteiger partial charge in [-0.05, 0) is 19.4 Å². The van der Waals surface area contributed by atoms with Crippen LogP contribution in [0.5, 0.6) is 0 Å². The zero-order chi connectivity index (χ0) is 15.6. The van der Waals surface area contributed by atoms with Crippen molar-refractivity contribution in [2.45, 2.75) is 19.8 Å². The molecule has 0 spiro atoms. The molecule has 0 radical (unpaired) electrons. The number of carbonyl (C=O) groups excluding carboxylic acids is 1. The number of nitrogens with one attached hydrogen (secondary N) is 1.